The van der Waals surface area contributed by atoms with E-state index in [-0.39, 0.29) is 11.6 Å². The van der Waals surface area contributed by atoms with Gasteiger partial charge >= 0.3 is 0 Å². The standard InChI is InChI=1S/C26H14O2S2/c27-19-9-13-5-1-3-7-15(13)25-23(19)17-11-22-18(12-21(17)29-25)24-20(28)10-14-6-2-4-8-16(14)26(24)30-22/h1-8,11-12H,9-10H2. The van der Waals surface area contributed by atoms with E-state index in [1.165, 1.54) is 11.1 Å². The van der Waals surface area contributed by atoms with Crippen molar-refractivity contribution >= 4 is 54.4 Å². The molecule has 0 fully saturated rings. The number of carbonyl (C=O) groups excluding carboxylic acids is 2. The number of fused-ring (bicyclic) bond motifs is 10. The van der Waals surface area contributed by atoms with E-state index in [4.69, 9.17) is 0 Å². The Morgan fingerprint density at radius 3 is 1.50 bits per heavy atom. The van der Waals surface area contributed by atoms with Crippen LogP contribution in [0.4, 0.5) is 0 Å². The maximum absolute atomic E-state index is 13.0. The summed E-state index contributed by atoms with van der Waals surface area (Å²) in [7, 11) is 0. The molecule has 2 nitrogen and oxygen atoms in total. The molecule has 0 saturated carbocycles. The van der Waals surface area contributed by atoms with Crippen molar-refractivity contribution in [2.24, 2.45) is 0 Å². The van der Waals surface area contributed by atoms with Gasteiger partial charge in [-0.15, -0.1) is 22.7 Å². The highest BCUT2D eigenvalue weighted by molar-refractivity contribution is 7.24. The quantitative estimate of drug-likeness (QED) is 0.271. The summed E-state index contributed by atoms with van der Waals surface area (Å²) in [5.41, 5.74) is 6.26. The van der Waals surface area contributed by atoms with Crippen LogP contribution < -0.4 is 0 Å². The lowest BCUT2D eigenvalue weighted by Gasteiger charge is -2.15. The molecule has 0 N–H and O–H groups in total. The smallest absolute Gasteiger partial charge is 0.169 e. The van der Waals surface area contributed by atoms with Crippen molar-refractivity contribution in [1.82, 2.24) is 0 Å². The normalized spacial score (nSPS) is 14.5. The lowest BCUT2D eigenvalue weighted by Crippen LogP contribution is -2.10. The van der Waals surface area contributed by atoms with E-state index in [1.54, 1.807) is 22.7 Å². The van der Waals surface area contributed by atoms with Crippen molar-refractivity contribution in [3.8, 4) is 20.9 Å². The average Bonchev–Trinajstić information content (AvgIpc) is 3.31. The van der Waals surface area contributed by atoms with Crippen molar-refractivity contribution in [3.63, 3.8) is 0 Å². The SMILES string of the molecule is O=C1Cc2ccccc2-c2sc3cc4c5c(sc4cc3c21)-c1ccccc1CC5=O. The first-order valence-corrected chi connectivity index (χ1v) is 11.6. The molecule has 0 radical (unpaired) electrons. The fourth-order valence-corrected chi connectivity index (χ4v) is 7.54. The van der Waals surface area contributed by atoms with E-state index in [2.05, 4.69) is 24.3 Å². The summed E-state index contributed by atoms with van der Waals surface area (Å²) >= 11 is 3.35. The Bertz CT molecular complexity index is 1460. The maximum Gasteiger partial charge on any atom is 0.169 e. The molecule has 0 atom stereocenters. The number of ketones is 2. The summed E-state index contributed by atoms with van der Waals surface area (Å²) in [5.74, 6) is 0.383. The summed E-state index contributed by atoms with van der Waals surface area (Å²) in [6, 6.07) is 20.7. The molecular weight excluding hydrogens is 408 g/mol. The van der Waals surface area contributed by atoms with E-state index in [0.29, 0.717) is 12.8 Å². The summed E-state index contributed by atoms with van der Waals surface area (Å²) in [5, 5.41) is 2.06. The number of Topliss-reactive ketones (excluding diaryl/α,β-unsaturated/α-hetero) is 2. The molecule has 0 saturated heterocycles. The van der Waals surface area contributed by atoms with Gasteiger partial charge in [0.15, 0.2) is 11.6 Å². The van der Waals surface area contributed by atoms with Gasteiger partial charge in [0.05, 0.1) is 0 Å². The second-order valence-electron chi connectivity index (χ2n) is 7.97. The monoisotopic (exact) mass is 422 g/mol. The fraction of sp³-hybridized carbons (Fsp3) is 0.0769. The van der Waals surface area contributed by atoms with E-state index >= 15 is 0 Å². The van der Waals surface area contributed by atoms with Gasteiger partial charge in [-0.3, -0.25) is 9.59 Å². The van der Waals surface area contributed by atoms with Crippen LogP contribution in [0.25, 0.3) is 41.1 Å². The van der Waals surface area contributed by atoms with Gasteiger partial charge in [0.1, 0.15) is 0 Å². The third-order valence-corrected chi connectivity index (χ3v) is 8.65. The molecule has 5 aromatic rings. The molecule has 30 heavy (non-hydrogen) atoms. The van der Waals surface area contributed by atoms with Crippen LogP contribution in [0.3, 0.4) is 0 Å². The molecule has 2 aliphatic carbocycles. The molecule has 0 spiro atoms. The van der Waals surface area contributed by atoms with E-state index in [9.17, 15) is 9.59 Å². The van der Waals surface area contributed by atoms with Gasteiger partial charge in [-0.2, -0.15) is 0 Å². The van der Waals surface area contributed by atoms with Gasteiger partial charge < -0.3 is 0 Å². The Kier molecular flexibility index (Phi) is 3.20. The number of hydrogen-bond donors (Lipinski definition) is 0. The van der Waals surface area contributed by atoms with Crippen LogP contribution in [-0.2, 0) is 12.8 Å². The van der Waals surface area contributed by atoms with Crippen molar-refractivity contribution in [1.29, 1.82) is 0 Å². The number of thiophene rings is 2. The second kappa shape index (κ2) is 5.75. The molecule has 0 bridgehead atoms. The minimum Gasteiger partial charge on any atom is -0.294 e. The highest BCUT2D eigenvalue weighted by atomic mass is 32.1. The fourth-order valence-electron chi connectivity index (χ4n) is 4.93. The van der Waals surface area contributed by atoms with Crippen molar-refractivity contribution in [2.75, 3.05) is 0 Å². The zero-order valence-corrected chi connectivity index (χ0v) is 17.5. The Labute approximate surface area is 180 Å². The first-order valence-electron chi connectivity index (χ1n) is 9.95. The van der Waals surface area contributed by atoms with Crippen LogP contribution >= 0.6 is 22.7 Å². The minimum absolute atomic E-state index is 0.192. The van der Waals surface area contributed by atoms with Crippen LogP contribution in [0, 0.1) is 0 Å². The van der Waals surface area contributed by atoms with Crippen LogP contribution in [0.5, 0.6) is 0 Å². The zero-order chi connectivity index (χ0) is 20.0. The largest absolute Gasteiger partial charge is 0.294 e. The van der Waals surface area contributed by atoms with Gasteiger partial charge in [-0.05, 0) is 34.4 Å². The summed E-state index contributed by atoms with van der Waals surface area (Å²) < 4.78 is 2.18. The maximum atomic E-state index is 13.0. The van der Waals surface area contributed by atoms with E-state index in [0.717, 1.165) is 52.2 Å². The van der Waals surface area contributed by atoms with Gasteiger partial charge in [0, 0.05) is 53.9 Å². The third-order valence-electron chi connectivity index (χ3n) is 6.28. The molecule has 7 rings (SSSR count). The van der Waals surface area contributed by atoms with Crippen molar-refractivity contribution in [2.45, 2.75) is 12.8 Å². The van der Waals surface area contributed by atoms with Crippen molar-refractivity contribution in [3.05, 3.63) is 82.9 Å². The molecule has 4 heteroatoms. The summed E-state index contributed by atoms with van der Waals surface area (Å²) in [6.45, 7) is 0. The van der Waals surface area contributed by atoms with E-state index in [1.807, 2.05) is 36.4 Å². The van der Waals surface area contributed by atoms with Gasteiger partial charge in [0.25, 0.3) is 0 Å². The molecule has 0 unspecified atom stereocenters. The second-order valence-corrected chi connectivity index (χ2v) is 10.1. The molecule has 3 aromatic carbocycles. The van der Waals surface area contributed by atoms with Gasteiger partial charge in [-0.1, -0.05) is 48.5 Å². The first kappa shape index (κ1) is 16.7. The average molecular weight is 423 g/mol. The van der Waals surface area contributed by atoms with Crippen molar-refractivity contribution < 1.29 is 9.59 Å². The Hall–Kier alpha value is -3.08. The number of rotatable bonds is 0. The van der Waals surface area contributed by atoms with Crippen LogP contribution in [0.2, 0.25) is 0 Å². The number of carbonyl (C=O) groups is 2. The number of hydrogen-bond acceptors (Lipinski definition) is 4. The van der Waals surface area contributed by atoms with E-state index < -0.39 is 0 Å². The predicted molar refractivity (Wildman–Crippen MR) is 124 cm³/mol. The predicted octanol–water partition coefficient (Wildman–Crippen LogP) is 6.93. The number of benzene rings is 3. The molecule has 0 amide bonds. The van der Waals surface area contributed by atoms with Gasteiger partial charge in [-0.25, -0.2) is 0 Å². The minimum atomic E-state index is 0.192. The molecule has 2 aromatic heterocycles. The van der Waals surface area contributed by atoms with Crippen LogP contribution in [0.15, 0.2) is 60.7 Å². The highest BCUT2D eigenvalue weighted by Gasteiger charge is 2.30. The third kappa shape index (κ3) is 2.07. The Balaban J connectivity index is 1.56. The topological polar surface area (TPSA) is 34.1 Å². The van der Waals surface area contributed by atoms with Crippen LogP contribution in [0.1, 0.15) is 31.8 Å². The lowest BCUT2D eigenvalue weighted by atomic mass is 9.87. The molecule has 142 valence electrons. The summed E-state index contributed by atoms with van der Waals surface area (Å²) in [6.07, 6.45) is 0.916. The Morgan fingerprint density at radius 2 is 1.03 bits per heavy atom. The molecule has 0 aliphatic heterocycles. The molecule has 2 heterocycles. The zero-order valence-electron chi connectivity index (χ0n) is 15.8. The van der Waals surface area contributed by atoms with Crippen LogP contribution in [-0.4, -0.2) is 11.6 Å². The first-order chi connectivity index (χ1) is 14.7. The highest BCUT2D eigenvalue weighted by Crippen LogP contribution is 2.49. The molecular formula is C26H14O2S2. The summed E-state index contributed by atoms with van der Waals surface area (Å²) in [4.78, 5) is 28.2. The Morgan fingerprint density at radius 1 is 0.600 bits per heavy atom. The lowest BCUT2D eigenvalue weighted by molar-refractivity contribution is 0.0985. The molecule has 2 aliphatic rings. The van der Waals surface area contributed by atoms with Gasteiger partial charge in [0.2, 0.25) is 0 Å².